The van der Waals surface area contributed by atoms with Gasteiger partial charge in [0.05, 0.1) is 4.88 Å². The molecule has 25 heavy (non-hydrogen) atoms. The number of piperidine rings is 1. The van der Waals surface area contributed by atoms with E-state index in [1.165, 1.54) is 6.07 Å². The minimum Gasteiger partial charge on any atom is -0.338 e. The van der Waals surface area contributed by atoms with E-state index in [1.807, 2.05) is 7.05 Å². The molecule has 0 saturated carbocycles. The number of carbonyl (C=O) groups is 1. The lowest BCUT2D eigenvalue weighted by molar-refractivity contribution is -0.140. The quantitative estimate of drug-likeness (QED) is 0.895. The number of nitrogens with zero attached hydrogens (tertiary/aromatic N) is 2. The average molecular weight is 371 g/mol. The SMILES string of the molecule is CNCC1CCN(C(=O)c2sc3nc(C(F)(F)F)ccc3c2C)CC1. The van der Waals surface area contributed by atoms with Gasteiger partial charge in [-0.2, -0.15) is 13.2 Å². The fraction of sp³-hybridized carbons (Fsp3) is 0.529. The zero-order valence-corrected chi connectivity index (χ0v) is 14.9. The summed E-state index contributed by atoms with van der Waals surface area (Å²) in [6.07, 6.45) is -2.61. The van der Waals surface area contributed by atoms with Crippen LogP contribution in [0, 0.1) is 12.8 Å². The summed E-state index contributed by atoms with van der Waals surface area (Å²) in [4.78, 5) is 19.1. The molecule has 1 saturated heterocycles. The third-order valence-corrected chi connectivity index (χ3v) is 5.87. The number of hydrogen-bond acceptors (Lipinski definition) is 4. The number of hydrogen-bond donors (Lipinski definition) is 1. The molecule has 1 fully saturated rings. The molecule has 1 amide bonds. The standard InChI is InChI=1S/C17H20F3N3OS/c1-10-12-3-4-13(17(18,19)20)22-15(12)25-14(10)16(24)23-7-5-11(6-8-23)9-21-2/h3-4,11,21H,5-9H2,1-2H3. The largest absolute Gasteiger partial charge is 0.433 e. The van der Waals surface area contributed by atoms with Gasteiger partial charge >= 0.3 is 6.18 Å². The number of carbonyl (C=O) groups excluding carboxylic acids is 1. The highest BCUT2D eigenvalue weighted by Crippen LogP contribution is 2.35. The zero-order valence-electron chi connectivity index (χ0n) is 14.1. The number of pyridine rings is 1. The summed E-state index contributed by atoms with van der Waals surface area (Å²) >= 11 is 1.05. The normalized spacial score (nSPS) is 16.6. The van der Waals surface area contributed by atoms with E-state index in [-0.39, 0.29) is 10.7 Å². The fourth-order valence-electron chi connectivity index (χ4n) is 3.23. The summed E-state index contributed by atoms with van der Waals surface area (Å²) < 4.78 is 38.5. The van der Waals surface area contributed by atoms with Crippen LogP contribution in [0.3, 0.4) is 0 Å². The van der Waals surface area contributed by atoms with E-state index in [9.17, 15) is 18.0 Å². The van der Waals surface area contributed by atoms with Crippen molar-refractivity contribution >= 4 is 27.5 Å². The monoisotopic (exact) mass is 371 g/mol. The number of alkyl halides is 3. The maximum absolute atomic E-state index is 12.8. The highest BCUT2D eigenvalue weighted by Gasteiger charge is 2.33. The Morgan fingerprint density at radius 3 is 2.64 bits per heavy atom. The van der Waals surface area contributed by atoms with Crippen LogP contribution >= 0.6 is 11.3 Å². The Morgan fingerprint density at radius 1 is 1.36 bits per heavy atom. The van der Waals surface area contributed by atoms with E-state index in [0.29, 0.717) is 34.8 Å². The Balaban J connectivity index is 1.83. The van der Waals surface area contributed by atoms with Crippen LogP contribution < -0.4 is 5.32 Å². The van der Waals surface area contributed by atoms with Crippen LogP contribution in [0.15, 0.2) is 12.1 Å². The van der Waals surface area contributed by atoms with Gasteiger partial charge in [-0.15, -0.1) is 11.3 Å². The number of nitrogens with one attached hydrogen (secondary N) is 1. The molecule has 0 bridgehead atoms. The lowest BCUT2D eigenvalue weighted by Gasteiger charge is -2.31. The van der Waals surface area contributed by atoms with Crippen LogP contribution in [-0.4, -0.2) is 42.5 Å². The van der Waals surface area contributed by atoms with Crippen LogP contribution in [0.2, 0.25) is 0 Å². The number of halogens is 3. The van der Waals surface area contributed by atoms with Gasteiger partial charge in [-0.1, -0.05) is 0 Å². The van der Waals surface area contributed by atoms with E-state index >= 15 is 0 Å². The summed E-state index contributed by atoms with van der Waals surface area (Å²) in [6, 6.07) is 2.38. The Labute approximate surface area is 148 Å². The van der Waals surface area contributed by atoms with Crippen molar-refractivity contribution in [3.05, 3.63) is 28.3 Å². The van der Waals surface area contributed by atoms with Crippen molar-refractivity contribution in [3.63, 3.8) is 0 Å². The maximum atomic E-state index is 12.8. The van der Waals surface area contributed by atoms with Gasteiger partial charge in [0.25, 0.3) is 5.91 Å². The molecule has 4 nitrogen and oxygen atoms in total. The maximum Gasteiger partial charge on any atom is 0.433 e. The minimum absolute atomic E-state index is 0.100. The molecule has 1 aliphatic rings. The average Bonchev–Trinajstić information content (AvgIpc) is 2.91. The molecule has 1 aliphatic heterocycles. The van der Waals surface area contributed by atoms with Gasteiger partial charge in [0.2, 0.25) is 0 Å². The number of rotatable bonds is 3. The smallest absolute Gasteiger partial charge is 0.338 e. The predicted molar refractivity (Wildman–Crippen MR) is 91.9 cm³/mol. The summed E-state index contributed by atoms with van der Waals surface area (Å²) in [5.41, 5.74) is -0.211. The third kappa shape index (κ3) is 3.64. The fourth-order valence-corrected chi connectivity index (χ4v) is 4.38. The number of fused-ring (bicyclic) bond motifs is 1. The van der Waals surface area contributed by atoms with E-state index in [0.717, 1.165) is 36.8 Å². The Morgan fingerprint density at radius 2 is 2.04 bits per heavy atom. The van der Waals surface area contributed by atoms with Crippen molar-refractivity contribution in [1.82, 2.24) is 15.2 Å². The number of thiophene rings is 1. The number of aryl methyl sites for hydroxylation is 1. The molecular weight excluding hydrogens is 351 g/mol. The summed E-state index contributed by atoms with van der Waals surface area (Å²) in [5, 5.41) is 3.77. The van der Waals surface area contributed by atoms with Gasteiger partial charge in [0, 0.05) is 18.5 Å². The van der Waals surface area contributed by atoms with Crippen LogP contribution in [0.25, 0.3) is 10.2 Å². The van der Waals surface area contributed by atoms with Crippen LogP contribution in [0.4, 0.5) is 13.2 Å². The van der Waals surface area contributed by atoms with E-state index in [2.05, 4.69) is 10.3 Å². The molecule has 136 valence electrons. The molecule has 3 heterocycles. The zero-order chi connectivity index (χ0) is 18.2. The molecule has 3 rings (SSSR count). The van der Waals surface area contributed by atoms with Crippen LogP contribution in [0.1, 0.15) is 33.8 Å². The predicted octanol–water partition coefficient (Wildman–Crippen LogP) is 3.70. The topological polar surface area (TPSA) is 45.2 Å². The third-order valence-electron chi connectivity index (χ3n) is 4.68. The lowest BCUT2D eigenvalue weighted by Crippen LogP contribution is -2.40. The molecule has 8 heteroatoms. The first-order chi connectivity index (χ1) is 11.8. The first-order valence-electron chi connectivity index (χ1n) is 8.22. The van der Waals surface area contributed by atoms with Crippen molar-refractivity contribution in [1.29, 1.82) is 0 Å². The Kier molecular flexibility index (Phi) is 5.02. The van der Waals surface area contributed by atoms with Crippen molar-refractivity contribution in [2.45, 2.75) is 25.9 Å². The molecule has 2 aromatic heterocycles. The molecule has 2 aromatic rings. The van der Waals surface area contributed by atoms with Gasteiger partial charge in [-0.05, 0) is 57.0 Å². The molecule has 0 aromatic carbocycles. The van der Waals surface area contributed by atoms with Gasteiger partial charge in [0.1, 0.15) is 10.5 Å². The second-order valence-corrected chi connectivity index (χ2v) is 7.40. The number of amides is 1. The highest BCUT2D eigenvalue weighted by atomic mass is 32.1. The van der Waals surface area contributed by atoms with Crippen molar-refractivity contribution in [3.8, 4) is 0 Å². The second-order valence-electron chi connectivity index (χ2n) is 6.40. The lowest BCUT2D eigenvalue weighted by atomic mass is 9.96. The summed E-state index contributed by atoms with van der Waals surface area (Å²) in [5.74, 6) is 0.463. The Bertz CT molecular complexity index is 779. The van der Waals surface area contributed by atoms with E-state index in [4.69, 9.17) is 0 Å². The molecule has 0 aliphatic carbocycles. The minimum atomic E-state index is -4.48. The van der Waals surface area contributed by atoms with E-state index in [1.54, 1.807) is 11.8 Å². The van der Waals surface area contributed by atoms with Crippen molar-refractivity contribution < 1.29 is 18.0 Å². The van der Waals surface area contributed by atoms with Gasteiger partial charge < -0.3 is 10.2 Å². The molecule has 0 spiro atoms. The molecule has 1 N–H and O–H groups in total. The van der Waals surface area contributed by atoms with Crippen molar-refractivity contribution in [2.75, 3.05) is 26.7 Å². The molecule has 0 atom stereocenters. The van der Waals surface area contributed by atoms with Gasteiger partial charge in [-0.3, -0.25) is 4.79 Å². The number of aromatic nitrogens is 1. The summed E-state index contributed by atoms with van der Waals surface area (Å²) in [6.45, 7) is 4.07. The van der Waals surface area contributed by atoms with Crippen LogP contribution in [-0.2, 0) is 6.18 Å². The van der Waals surface area contributed by atoms with E-state index < -0.39 is 11.9 Å². The molecule has 0 unspecified atom stereocenters. The van der Waals surface area contributed by atoms with Gasteiger partial charge in [-0.25, -0.2) is 4.98 Å². The van der Waals surface area contributed by atoms with Crippen molar-refractivity contribution in [2.24, 2.45) is 5.92 Å². The first-order valence-corrected chi connectivity index (χ1v) is 9.04. The summed E-state index contributed by atoms with van der Waals surface area (Å²) in [7, 11) is 1.92. The Hall–Kier alpha value is -1.67. The molecule has 0 radical (unpaired) electrons. The first kappa shape index (κ1) is 18.1. The van der Waals surface area contributed by atoms with Crippen LogP contribution in [0.5, 0.6) is 0 Å². The van der Waals surface area contributed by atoms with Gasteiger partial charge in [0.15, 0.2) is 0 Å². The molecular formula is C17H20F3N3OS. The number of likely N-dealkylation sites (tertiary alicyclic amines) is 1. The second kappa shape index (κ2) is 6.92. The highest BCUT2D eigenvalue weighted by molar-refractivity contribution is 7.20.